The second-order valence-corrected chi connectivity index (χ2v) is 6.38. The largest absolute Gasteiger partial charge is 0.382 e. The molecule has 2 N–H and O–H groups in total. The van der Waals surface area contributed by atoms with Gasteiger partial charge in [-0.05, 0) is 46.1 Å². The third-order valence-electron chi connectivity index (χ3n) is 4.35. The molecule has 0 radical (unpaired) electrons. The highest BCUT2D eigenvalue weighted by atomic mass is 16.5. The summed E-state index contributed by atoms with van der Waals surface area (Å²) in [4.78, 5) is 7.22. The van der Waals surface area contributed by atoms with Gasteiger partial charge in [-0.2, -0.15) is 0 Å². The molecule has 1 rings (SSSR count). The number of guanidine groups is 1. The number of ether oxygens (including phenoxy) is 2. The van der Waals surface area contributed by atoms with Gasteiger partial charge in [0.25, 0.3) is 0 Å². The smallest absolute Gasteiger partial charge is 0.191 e. The number of likely N-dealkylation sites (tertiary alicyclic amines) is 1. The van der Waals surface area contributed by atoms with Gasteiger partial charge in [0, 0.05) is 45.9 Å². The quantitative estimate of drug-likeness (QED) is 0.322. The van der Waals surface area contributed by atoms with E-state index in [-0.39, 0.29) is 0 Å². The van der Waals surface area contributed by atoms with Crippen molar-refractivity contribution in [1.29, 1.82) is 0 Å². The molecule has 1 saturated heterocycles. The van der Waals surface area contributed by atoms with Gasteiger partial charge in [-0.3, -0.25) is 4.99 Å². The minimum atomic E-state index is 0.656. The van der Waals surface area contributed by atoms with Gasteiger partial charge in [0.05, 0.1) is 13.2 Å². The Kier molecular flexibility index (Phi) is 12.8. The van der Waals surface area contributed by atoms with Crippen LogP contribution in [0.4, 0.5) is 0 Å². The number of rotatable bonds is 12. The van der Waals surface area contributed by atoms with Gasteiger partial charge in [-0.25, -0.2) is 0 Å². The maximum atomic E-state index is 5.45. The van der Waals surface area contributed by atoms with Crippen molar-refractivity contribution in [1.82, 2.24) is 15.5 Å². The van der Waals surface area contributed by atoms with Crippen LogP contribution in [0.1, 0.15) is 46.0 Å². The van der Waals surface area contributed by atoms with Gasteiger partial charge in [-0.1, -0.05) is 6.42 Å². The maximum absolute atomic E-state index is 5.45. The first-order valence-electron chi connectivity index (χ1n) is 9.60. The zero-order chi connectivity index (χ0) is 17.5. The molecule has 0 aliphatic carbocycles. The van der Waals surface area contributed by atoms with Gasteiger partial charge >= 0.3 is 0 Å². The van der Waals surface area contributed by atoms with E-state index in [9.17, 15) is 0 Å². The fraction of sp³-hybridized carbons (Fsp3) is 0.944. The van der Waals surface area contributed by atoms with E-state index in [1.54, 1.807) is 7.11 Å². The molecule has 0 aromatic rings. The second kappa shape index (κ2) is 14.5. The van der Waals surface area contributed by atoms with Crippen LogP contribution < -0.4 is 10.6 Å². The number of aliphatic imine (C=N–C) groups is 1. The van der Waals surface area contributed by atoms with E-state index < -0.39 is 0 Å². The second-order valence-electron chi connectivity index (χ2n) is 6.38. The molecule has 1 aliphatic rings. The Morgan fingerprint density at radius 1 is 1.17 bits per heavy atom. The minimum absolute atomic E-state index is 0.656. The monoisotopic (exact) mass is 342 g/mol. The molecule has 1 aliphatic heterocycles. The lowest BCUT2D eigenvalue weighted by atomic mass is 10.0. The summed E-state index contributed by atoms with van der Waals surface area (Å²) >= 11 is 0. The first-order valence-corrected chi connectivity index (χ1v) is 9.60. The van der Waals surface area contributed by atoms with Crippen molar-refractivity contribution < 1.29 is 9.47 Å². The molecule has 142 valence electrons. The predicted molar refractivity (Wildman–Crippen MR) is 101 cm³/mol. The molecule has 6 nitrogen and oxygen atoms in total. The molecule has 0 aromatic heterocycles. The number of hydrogen-bond donors (Lipinski definition) is 2. The third kappa shape index (κ3) is 10.1. The highest BCUT2D eigenvalue weighted by Crippen LogP contribution is 2.15. The summed E-state index contributed by atoms with van der Waals surface area (Å²) in [5.74, 6) is 0.918. The molecular formula is C18H38N4O2. The molecular weight excluding hydrogens is 304 g/mol. The number of nitrogens with zero attached hydrogens (tertiary/aromatic N) is 2. The van der Waals surface area contributed by atoms with Crippen LogP contribution in [0.15, 0.2) is 4.99 Å². The van der Waals surface area contributed by atoms with Crippen LogP contribution in [-0.4, -0.2) is 76.6 Å². The summed E-state index contributed by atoms with van der Waals surface area (Å²) < 4.78 is 10.4. The molecule has 1 unspecified atom stereocenters. The molecule has 0 aromatic carbocycles. The average Bonchev–Trinajstić information content (AvgIpc) is 2.59. The SMILES string of the molecule is CCNC(=NCCCOCCOC)NCCCN1CCCCC1C. The molecule has 0 spiro atoms. The number of piperidine rings is 1. The van der Waals surface area contributed by atoms with Crippen LogP contribution in [0.25, 0.3) is 0 Å². The standard InChI is InChI=1S/C18H38N4O2/c1-4-19-18(21-11-8-14-24-16-15-23-3)20-10-7-13-22-12-6-5-9-17(22)2/h17H,4-16H2,1-3H3,(H2,19,20,21). The van der Waals surface area contributed by atoms with Crippen LogP contribution in [0.5, 0.6) is 0 Å². The Balaban J connectivity index is 2.11. The summed E-state index contributed by atoms with van der Waals surface area (Å²) in [6, 6.07) is 0.749. The summed E-state index contributed by atoms with van der Waals surface area (Å²) in [7, 11) is 1.69. The maximum Gasteiger partial charge on any atom is 0.191 e. The van der Waals surface area contributed by atoms with Crippen LogP contribution in [-0.2, 0) is 9.47 Å². The van der Waals surface area contributed by atoms with E-state index in [1.807, 2.05) is 0 Å². The predicted octanol–water partition coefficient (Wildman–Crippen LogP) is 1.86. The number of methoxy groups -OCH3 is 1. The normalized spacial score (nSPS) is 19.5. The summed E-state index contributed by atoms with van der Waals surface area (Å²) in [5, 5.41) is 6.74. The fourth-order valence-electron chi connectivity index (χ4n) is 2.92. The Labute approximate surface area is 148 Å². The van der Waals surface area contributed by atoms with Crippen molar-refractivity contribution in [3.63, 3.8) is 0 Å². The van der Waals surface area contributed by atoms with E-state index >= 15 is 0 Å². The molecule has 6 heteroatoms. The van der Waals surface area contributed by atoms with Gasteiger partial charge in [0.1, 0.15) is 0 Å². The van der Waals surface area contributed by atoms with E-state index in [1.165, 1.54) is 32.4 Å². The zero-order valence-corrected chi connectivity index (χ0v) is 16.0. The third-order valence-corrected chi connectivity index (χ3v) is 4.35. The molecule has 24 heavy (non-hydrogen) atoms. The summed E-state index contributed by atoms with van der Waals surface area (Å²) in [6.45, 7) is 11.6. The van der Waals surface area contributed by atoms with E-state index in [0.29, 0.717) is 13.2 Å². The number of nitrogens with one attached hydrogen (secondary N) is 2. The van der Waals surface area contributed by atoms with Gasteiger partial charge < -0.3 is 25.0 Å². The Morgan fingerprint density at radius 3 is 2.79 bits per heavy atom. The summed E-state index contributed by atoms with van der Waals surface area (Å²) in [6.07, 6.45) is 6.20. The highest BCUT2D eigenvalue weighted by Gasteiger charge is 2.16. The molecule has 1 atom stereocenters. The van der Waals surface area contributed by atoms with Crippen LogP contribution in [0.3, 0.4) is 0 Å². The first-order chi connectivity index (χ1) is 11.8. The van der Waals surface area contributed by atoms with Crippen LogP contribution in [0, 0.1) is 0 Å². The lowest BCUT2D eigenvalue weighted by molar-refractivity contribution is 0.0702. The minimum Gasteiger partial charge on any atom is -0.382 e. The van der Waals surface area contributed by atoms with Gasteiger partial charge in [0.15, 0.2) is 5.96 Å². The molecule has 1 fully saturated rings. The van der Waals surface area contributed by atoms with Gasteiger partial charge in [0.2, 0.25) is 0 Å². The Morgan fingerprint density at radius 2 is 2.04 bits per heavy atom. The molecule has 0 saturated carbocycles. The van der Waals surface area contributed by atoms with Crippen molar-refractivity contribution >= 4 is 5.96 Å². The molecule has 0 bridgehead atoms. The van der Waals surface area contributed by atoms with Gasteiger partial charge in [-0.15, -0.1) is 0 Å². The Bertz CT molecular complexity index is 326. The first kappa shape index (κ1) is 21.2. The molecule has 1 heterocycles. The van der Waals surface area contributed by atoms with Crippen LogP contribution in [0.2, 0.25) is 0 Å². The topological polar surface area (TPSA) is 58.1 Å². The lowest BCUT2D eigenvalue weighted by Crippen LogP contribution is -2.41. The lowest BCUT2D eigenvalue weighted by Gasteiger charge is -2.33. The van der Waals surface area contributed by atoms with Crippen LogP contribution >= 0.6 is 0 Å². The van der Waals surface area contributed by atoms with E-state index in [0.717, 1.165) is 51.1 Å². The average molecular weight is 343 g/mol. The van der Waals surface area contributed by atoms with Crippen molar-refractivity contribution in [2.75, 3.05) is 59.7 Å². The van der Waals surface area contributed by atoms with Crippen molar-refractivity contribution in [2.45, 2.75) is 52.0 Å². The number of hydrogen-bond acceptors (Lipinski definition) is 4. The van der Waals surface area contributed by atoms with Crippen molar-refractivity contribution in [2.24, 2.45) is 4.99 Å². The Hall–Kier alpha value is -0.850. The molecule has 0 amide bonds. The van der Waals surface area contributed by atoms with Crippen molar-refractivity contribution in [3.05, 3.63) is 0 Å². The highest BCUT2D eigenvalue weighted by molar-refractivity contribution is 5.79. The van der Waals surface area contributed by atoms with E-state index in [4.69, 9.17) is 9.47 Å². The van der Waals surface area contributed by atoms with E-state index in [2.05, 4.69) is 34.4 Å². The van der Waals surface area contributed by atoms with Crippen molar-refractivity contribution in [3.8, 4) is 0 Å². The zero-order valence-electron chi connectivity index (χ0n) is 16.0. The summed E-state index contributed by atoms with van der Waals surface area (Å²) in [5.41, 5.74) is 0. The fourth-order valence-corrected chi connectivity index (χ4v) is 2.92.